The highest BCUT2D eigenvalue weighted by molar-refractivity contribution is 6.30. The molecule has 1 aliphatic heterocycles. The van der Waals surface area contributed by atoms with Crippen molar-refractivity contribution in [2.75, 3.05) is 33.2 Å². The highest BCUT2D eigenvalue weighted by Gasteiger charge is 2.23. The molecular formula is C23H27ClN6O. The highest BCUT2D eigenvalue weighted by atomic mass is 35.5. The normalized spacial score (nSPS) is 16.9. The fraction of sp³-hybridized carbons (Fsp3) is 0.391. The highest BCUT2D eigenvalue weighted by Crippen LogP contribution is 2.19. The van der Waals surface area contributed by atoms with Gasteiger partial charge in [0.1, 0.15) is 6.33 Å². The average molecular weight is 439 g/mol. The van der Waals surface area contributed by atoms with E-state index in [1.165, 1.54) is 18.3 Å². The van der Waals surface area contributed by atoms with Gasteiger partial charge >= 0.3 is 0 Å². The quantitative estimate of drug-likeness (QED) is 0.566. The number of carbonyl (C=O) groups excluding carboxylic acids is 1. The van der Waals surface area contributed by atoms with Crippen molar-refractivity contribution in [3.8, 4) is 5.69 Å². The minimum absolute atomic E-state index is 0.0431. The average Bonchev–Trinajstić information content (AvgIpc) is 3.34. The van der Waals surface area contributed by atoms with Gasteiger partial charge in [-0.15, -0.1) is 5.10 Å². The molecule has 2 aromatic carbocycles. The van der Waals surface area contributed by atoms with Gasteiger partial charge < -0.3 is 9.80 Å². The third kappa shape index (κ3) is 5.68. The van der Waals surface area contributed by atoms with E-state index in [1.807, 2.05) is 48.3 Å². The molecule has 0 bridgehead atoms. The van der Waals surface area contributed by atoms with Crippen LogP contribution in [0.15, 0.2) is 54.9 Å². The van der Waals surface area contributed by atoms with Crippen LogP contribution in [-0.2, 0) is 6.42 Å². The number of nitrogens with zero attached hydrogens (tertiary/aromatic N) is 6. The van der Waals surface area contributed by atoms with Crippen LogP contribution in [0.1, 0.15) is 28.8 Å². The van der Waals surface area contributed by atoms with E-state index in [2.05, 4.69) is 32.6 Å². The Morgan fingerprint density at radius 3 is 2.65 bits per heavy atom. The summed E-state index contributed by atoms with van der Waals surface area (Å²) in [7, 11) is 1.89. The lowest BCUT2D eigenvalue weighted by atomic mass is 9.96. The third-order valence-electron chi connectivity index (χ3n) is 5.84. The fourth-order valence-electron chi connectivity index (χ4n) is 4.17. The van der Waals surface area contributed by atoms with Crippen LogP contribution in [0.5, 0.6) is 0 Å². The zero-order valence-corrected chi connectivity index (χ0v) is 18.4. The van der Waals surface area contributed by atoms with Crippen molar-refractivity contribution in [2.45, 2.75) is 19.3 Å². The summed E-state index contributed by atoms with van der Waals surface area (Å²) < 4.78 is 1.57. The van der Waals surface area contributed by atoms with Crippen molar-refractivity contribution in [3.63, 3.8) is 0 Å². The van der Waals surface area contributed by atoms with Gasteiger partial charge in [-0.25, -0.2) is 4.68 Å². The van der Waals surface area contributed by atoms with E-state index in [4.69, 9.17) is 11.6 Å². The number of tetrazole rings is 1. The summed E-state index contributed by atoms with van der Waals surface area (Å²) in [5.74, 6) is 0.537. The second-order valence-corrected chi connectivity index (χ2v) is 8.61. The van der Waals surface area contributed by atoms with Crippen molar-refractivity contribution in [1.29, 1.82) is 0 Å². The molecule has 7 nitrogen and oxygen atoms in total. The smallest absolute Gasteiger partial charge is 0.253 e. The lowest BCUT2D eigenvalue weighted by molar-refractivity contribution is 0.0730. The number of likely N-dealkylation sites (tertiary alicyclic amines) is 1. The van der Waals surface area contributed by atoms with Gasteiger partial charge in [-0.3, -0.25) is 4.79 Å². The lowest BCUT2D eigenvalue weighted by Crippen LogP contribution is -2.42. The molecule has 8 heteroatoms. The summed E-state index contributed by atoms with van der Waals surface area (Å²) in [5, 5.41) is 11.9. The van der Waals surface area contributed by atoms with Crippen LogP contribution in [-0.4, -0.2) is 69.1 Å². The molecule has 3 aromatic rings. The second-order valence-electron chi connectivity index (χ2n) is 8.17. The molecule has 162 valence electrons. The Morgan fingerprint density at radius 1 is 1.16 bits per heavy atom. The number of hydrogen-bond acceptors (Lipinski definition) is 5. The molecule has 1 fully saturated rings. The maximum Gasteiger partial charge on any atom is 0.253 e. The monoisotopic (exact) mass is 438 g/mol. The first-order valence-electron chi connectivity index (χ1n) is 10.6. The van der Waals surface area contributed by atoms with Crippen molar-refractivity contribution < 1.29 is 4.79 Å². The van der Waals surface area contributed by atoms with Gasteiger partial charge in [0.05, 0.1) is 5.69 Å². The number of aromatic nitrogens is 4. The molecule has 2 heterocycles. The standard InChI is InChI=1S/C23H27ClN6O/c1-28(23(31)20-6-10-22(11-7-20)30-17-25-26-27-30)15-19-3-2-13-29(16-19)14-12-18-4-8-21(24)9-5-18/h4-11,17,19H,2-3,12-16H2,1H3. The van der Waals surface area contributed by atoms with Crippen LogP contribution in [0.3, 0.4) is 0 Å². The molecule has 1 saturated heterocycles. The lowest BCUT2D eigenvalue weighted by Gasteiger charge is -2.34. The molecule has 1 aliphatic rings. The maximum atomic E-state index is 12.9. The van der Waals surface area contributed by atoms with E-state index in [9.17, 15) is 4.79 Å². The van der Waals surface area contributed by atoms with Gasteiger partial charge in [-0.2, -0.15) is 0 Å². The van der Waals surface area contributed by atoms with E-state index < -0.39 is 0 Å². The maximum absolute atomic E-state index is 12.9. The minimum atomic E-state index is 0.0431. The van der Waals surface area contributed by atoms with Gasteiger partial charge in [0.15, 0.2) is 0 Å². The molecule has 0 saturated carbocycles. The first kappa shape index (κ1) is 21.5. The van der Waals surface area contributed by atoms with E-state index in [-0.39, 0.29) is 5.91 Å². The topological polar surface area (TPSA) is 67.2 Å². The van der Waals surface area contributed by atoms with Crippen LogP contribution >= 0.6 is 11.6 Å². The Labute approximate surface area is 187 Å². The summed E-state index contributed by atoms with van der Waals surface area (Å²) in [6.07, 6.45) is 4.89. The number of piperidine rings is 1. The molecule has 1 atom stereocenters. The van der Waals surface area contributed by atoms with E-state index >= 15 is 0 Å². The predicted octanol–water partition coefficient (Wildman–Crippen LogP) is 3.34. The fourth-order valence-corrected chi connectivity index (χ4v) is 4.29. The van der Waals surface area contributed by atoms with Crippen LogP contribution < -0.4 is 0 Å². The third-order valence-corrected chi connectivity index (χ3v) is 6.09. The SMILES string of the molecule is CN(CC1CCCN(CCc2ccc(Cl)cc2)C1)C(=O)c1ccc(-n2cnnn2)cc1. The summed E-state index contributed by atoms with van der Waals surface area (Å²) in [5.41, 5.74) is 2.81. The van der Waals surface area contributed by atoms with E-state index in [0.29, 0.717) is 11.5 Å². The summed E-state index contributed by atoms with van der Waals surface area (Å²) in [4.78, 5) is 17.3. The number of benzene rings is 2. The van der Waals surface area contributed by atoms with Gasteiger partial charge in [-0.05, 0) is 84.1 Å². The summed E-state index contributed by atoms with van der Waals surface area (Å²) >= 11 is 5.98. The van der Waals surface area contributed by atoms with Crippen molar-refractivity contribution in [2.24, 2.45) is 5.92 Å². The first-order valence-corrected chi connectivity index (χ1v) is 11.0. The summed E-state index contributed by atoms with van der Waals surface area (Å²) in [6.45, 7) is 3.96. The van der Waals surface area contributed by atoms with E-state index in [0.717, 1.165) is 49.7 Å². The molecule has 0 radical (unpaired) electrons. The zero-order valence-electron chi connectivity index (χ0n) is 17.7. The van der Waals surface area contributed by atoms with Crippen LogP contribution in [0.25, 0.3) is 5.69 Å². The molecule has 0 N–H and O–H groups in total. The molecule has 31 heavy (non-hydrogen) atoms. The molecule has 1 amide bonds. The minimum Gasteiger partial charge on any atom is -0.341 e. The Kier molecular flexibility index (Phi) is 6.94. The molecule has 0 spiro atoms. The Hall–Kier alpha value is -2.77. The Balaban J connectivity index is 1.28. The molecular weight excluding hydrogens is 412 g/mol. The summed E-state index contributed by atoms with van der Waals surface area (Å²) in [6, 6.07) is 15.5. The number of amides is 1. The number of halogens is 1. The number of rotatable bonds is 7. The van der Waals surface area contributed by atoms with Crippen molar-refractivity contribution >= 4 is 17.5 Å². The second kappa shape index (κ2) is 10.0. The molecule has 0 aliphatic carbocycles. The van der Waals surface area contributed by atoms with Gasteiger partial charge in [-0.1, -0.05) is 23.7 Å². The predicted molar refractivity (Wildman–Crippen MR) is 120 cm³/mol. The molecule has 1 unspecified atom stereocenters. The largest absolute Gasteiger partial charge is 0.341 e. The number of hydrogen-bond donors (Lipinski definition) is 0. The Morgan fingerprint density at radius 2 is 1.94 bits per heavy atom. The zero-order chi connectivity index (χ0) is 21.6. The van der Waals surface area contributed by atoms with Crippen LogP contribution in [0.2, 0.25) is 5.02 Å². The molecule has 1 aromatic heterocycles. The molecule has 4 rings (SSSR count). The van der Waals surface area contributed by atoms with E-state index in [1.54, 1.807) is 4.68 Å². The van der Waals surface area contributed by atoms with Crippen molar-refractivity contribution in [3.05, 3.63) is 71.0 Å². The van der Waals surface area contributed by atoms with Crippen LogP contribution in [0.4, 0.5) is 0 Å². The number of carbonyl (C=O) groups is 1. The van der Waals surface area contributed by atoms with Crippen molar-refractivity contribution in [1.82, 2.24) is 30.0 Å². The first-order chi connectivity index (χ1) is 15.1. The Bertz CT molecular complexity index is 974. The van der Waals surface area contributed by atoms with Gasteiger partial charge in [0.25, 0.3) is 5.91 Å². The van der Waals surface area contributed by atoms with Gasteiger partial charge in [0.2, 0.25) is 0 Å². The van der Waals surface area contributed by atoms with Crippen LogP contribution in [0, 0.1) is 5.92 Å². The van der Waals surface area contributed by atoms with Gasteiger partial charge in [0, 0.05) is 37.3 Å².